The lowest BCUT2D eigenvalue weighted by molar-refractivity contribution is -0.116. The van der Waals surface area contributed by atoms with Crippen LogP contribution >= 0.6 is 0 Å². The highest BCUT2D eigenvalue weighted by atomic mass is 16.5. The van der Waals surface area contributed by atoms with Gasteiger partial charge in [0.15, 0.2) is 0 Å². The van der Waals surface area contributed by atoms with Crippen LogP contribution in [0.4, 0.5) is 0 Å². The van der Waals surface area contributed by atoms with Gasteiger partial charge < -0.3 is 10.1 Å². The number of nitrogens with zero attached hydrogens (tertiary/aromatic N) is 1. The molecule has 2 aliphatic heterocycles. The number of rotatable bonds is 6. The van der Waals surface area contributed by atoms with Crippen molar-refractivity contribution >= 4 is 12.0 Å². The van der Waals surface area contributed by atoms with E-state index in [1.54, 1.807) is 13.2 Å². The molecule has 2 aromatic carbocycles. The molecule has 29 heavy (non-hydrogen) atoms. The van der Waals surface area contributed by atoms with Gasteiger partial charge in [-0.3, -0.25) is 9.69 Å². The van der Waals surface area contributed by atoms with Crippen molar-refractivity contribution in [1.82, 2.24) is 10.2 Å². The zero-order valence-electron chi connectivity index (χ0n) is 17.1. The van der Waals surface area contributed by atoms with Gasteiger partial charge in [-0.25, -0.2) is 0 Å². The quantitative estimate of drug-likeness (QED) is 0.751. The van der Waals surface area contributed by atoms with Crippen LogP contribution in [0.25, 0.3) is 6.08 Å². The van der Waals surface area contributed by atoms with Crippen molar-refractivity contribution in [2.45, 2.75) is 31.7 Å². The molecule has 0 spiro atoms. The van der Waals surface area contributed by atoms with E-state index in [4.69, 9.17) is 4.74 Å². The normalized spacial score (nSPS) is 21.4. The summed E-state index contributed by atoms with van der Waals surface area (Å²) in [4.78, 5) is 14.8. The summed E-state index contributed by atoms with van der Waals surface area (Å²) in [5.74, 6) is 1.51. The molecule has 1 fully saturated rings. The van der Waals surface area contributed by atoms with Crippen molar-refractivity contribution in [2.75, 3.05) is 26.7 Å². The van der Waals surface area contributed by atoms with Crippen molar-refractivity contribution in [3.63, 3.8) is 0 Å². The first-order valence-corrected chi connectivity index (χ1v) is 10.7. The first-order valence-electron chi connectivity index (χ1n) is 10.7. The second-order valence-corrected chi connectivity index (χ2v) is 8.02. The van der Waals surface area contributed by atoms with Crippen LogP contribution in [0.15, 0.2) is 54.6 Å². The Morgan fingerprint density at radius 1 is 1.21 bits per heavy atom. The van der Waals surface area contributed by atoms with Crippen molar-refractivity contribution in [3.8, 4) is 5.75 Å². The Kier molecular flexibility index (Phi) is 6.30. The summed E-state index contributed by atoms with van der Waals surface area (Å²) >= 11 is 0. The van der Waals surface area contributed by atoms with Crippen LogP contribution in [0.5, 0.6) is 5.75 Å². The summed E-state index contributed by atoms with van der Waals surface area (Å²) in [6, 6.07) is 16.9. The van der Waals surface area contributed by atoms with E-state index in [1.165, 1.54) is 30.5 Å². The fourth-order valence-electron chi connectivity index (χ4n) is 4.81. The van der Waals surface area contributed by atoms with E-state index in [0.717, 1.165) is 37.2 Å². The van der Waals surface area contributed by atoms with E-state index in [2.05, 4.69) is 28.4 Å². The third-order valence-electron chi connectivity index (χ3n) is 6.24. The summed E-state index contributed by atoms with van der Waals surface area (Å²) in [5, 5.41) is 3.07. The van der Waals surface area contributed by atoms with Crippen LogP contribution in [0, 0.1) is 5.92 Å². The molecule has 1 N–H and O–H groups in total. The number of carbonyl (C=O) groups is 1. The fourth-order valence-corrected chi connectivity index (χ4v) is 4.81. The van der Waals surface area contributed by atoms with E-state index in [1.807, 2.05) is 36.4 Å². The number of amides is 1. The van der Waals surface area contributed by atoms with Crippen molar-refractivity contribution in [3.05, 3.63) is 71.3 Å². The zero-order valence-corrected chi connectivity index (χ0v) is 17.1. The van der Waals surface area contributed by atoms with Gasteiger partial charge in [-0.05, 0) is 73.0 Å². The van der Waals surface area contributed by atoms with Gasteiger partial charge in [-0.15, -0.1) is 0 Å². The molecule has 0 saturated carbocycles. The predicted molar refractivity (Wildman–Crippen MR) is 117 cm³/mol. The molecule has 0 bridgehead atoms. The molecule has 2 atom stereocenters. The number of piperidine rings is 1. The lowest BCUT2D eigenvalue weighted by atomic mass is 9.78. The summed E-state index contributed by atoms with van der Waals surface area (Å²) in [6.45, 7) is 3.02. The molecule has 4 rings (SSSR count). The minimum Gasteiger partial charge on any atom is -0.497 e. The van der Waals surface area contributed by atoms with Gasteiger partial charge >= 0.3 is 0 Å². The van der Waals surface area contributed by atoms with Gasteiger partial charge in [0.2, 0.25) is 5.91 Å². The Morgan fingerprint density at radius 3 is 2.90 bits per heavy atom. The molecule has 2 heterocycles. The van der Waals surface area contributed by atoms with Gasteiger partial charge in [0.05, 0.1) is 7.11 Å². The molecular weight excluding hydrogens is 360 g/mol. The van der Waals surface area contributed by atoms with Gasteiger partial charge in [0.1, 0.15) is 5.75 Å². The van der Waals surface area contributed by atoms with Gasteiger partial charge in [-0.2, -0.15) is 0 Å². The van der Waals surface area contributed by atoms with E-state index in [0.29, 0.717) is 12.0 Å². The number of hydrogen-bond acceptors (Lipinski definition) is 3. The highest BCUT2D eigenvalue weighted by molar-refractivity contribution is 5.91. The molecule has 0 aliphatic carbocycles. The first kappa shape index (κ1) is 19.7. The van der Waals surface area contributed by atoms with Crippen LogP contribution in [0.3, 0.4) is 0 Å². The topological polar surface area (TPSA) is 41.6 Å². The Labute approximate surface area is 173 Å². The SMILES string of the molecule is COc1ccc2c(c1)CCN1CCCC(CCNC(=O)C=Cc3ccccc3)C21. The average Bonchev–Trinajstić information content (AvgIpc) is 2.78. The van der Waals surface area contributed by atoms with Crippen LogP contribution in [0.2, 0.25) is 0 Å². The molecule has 2 unspecified atom stereocenters. The summed E-state index contributed by atoms with van der Waals surface area (Å²) in [6.07, 6.45) is 8.07. The van der Waals surface area contributed by atoms with E-state index < -0.39 is 0 Å². The lowest BCUT2D eigenvalue weighted by Crippen LogP contribution is -2.44. The lowest BCUT2D eigenvalue weighted by Gasteiger charge is -2.45. The first-order chi connectivity index (χ1) is 14.2. The molecule has 2 aromatic rings. The summed E-state index contributed by atoms with van der Waals surface area (Å²) in [7, 11) is 1.73. The standard InChI is InChI=1S/C25H30N2O2/c1-29-22-10-11-23-21(18-22)14-17-27-16-5-8-20(25(23)27)13-15-26-24(28)12-9-19-6-3-2-4-7-19/h2-4,6-7,9-12,18,20,25H,5,8,13-17H2,1H3,(H,26,28). The van der Waals surface area contributed by atoms with Crippen LogP contribution in [0.1, 0.15) is 42.0 Å². The van der Waals surface area contributed by atoms with Crippen molar-refractivity contribution in [2.24, 2.45) is 5.92 Å². The molecule has 152 valence electrons. The molecule has 4 nitrogen and oxygen atoms in total. The number of ether oxygens (including phenoxy) is 1. The Bertz CT molecular complexity index is 862. The Hall–Kier alpha value is -2.59. The van der Waals surface area contributed by atoms with E-state index in [9.17, 15) is 4.79 Å². The highest BCUT2D eigenvalue weighted by Gasteiger charge is 2.36. The molecule has 0 aromatic heterocycles. The number of methoxy groups -OCH3 is 1. The Balaban J connectivity index is 1.37. The number of carbonyl (C=O) groups excluding carboxylic acids is 1. The molecule has 0 radical (unpaired) electrons. The summed E-state index contributed by atoms with van der Waals surface area (Å²) in [5.41, 5.74) is 3.92. The fraction of sp³-hybridized carbons (Fsp3) is 0.400. The minimum atomic E-state index is -0.0182. The maximum atomic E-state index is 12.2. The second-order valence-electron chi connectivity index (χ2n) is 8.02. The third kappa shape index (κ3) is 4.70. The van der Waals surface area contributed by atoms with E-state index >= 15 is 0 Å². The zero-order chi connectivity index (χ0) is 20.1. The largest absolute Gasteiger partial charge is 0.497 e. The molecule has 1 amide bonds. The second kappa shape index (κ2) is 9.27. The van der Waals surface area contributed by atoms with Gasteiger partial charge in [-0.1, -0.05) is 36.4 Å². The van der Waals surface area contributed by atoms with E-state index in [-0.39, 0.29) is 5.91 Å². The predicted octanol–water partition coefficient (Wildman–Crippen LogP) is 4.22. The smallest absolute Gasteiger partial charge is 0.243 e. The molecule has 1 saturated heterocycles. The van der Waals surface area contributed by atoms with Crippen molar-refractivity contribution < 1.29 is 9.53 Å². The third-order valence-corrected chi connectivity index (χ3v) is 6.24. The van der Waals surface area contributed by atoms with Crippen molar-refractivity contribution in [1.29, 1.82) is 0 Å². The maximum absolute atomic E-state index is 12.2. The molecule has 4 heteroatoms. The van der Waals surface area contributed by atoms with Crippen LogP contribution in [-0.4, -0.2) is 37.6 Å². The number of benzene rings is 2. The van der Waals surface area contributed by atoms with Crippen LogP contribution < -0.4 is 10.1 Å². The summed E-state index contributed by atoms with van der Waals surface area (Å²) < 4.78 is 5.42. The molecular formula is C25H30N2O2. The highest BCUT2D eigenvalue weighted by Crippen LogP contribution is 2.42. The average molecular weight is 391 g/mol. The number of fused-ring (bicyclic) bond motifs is 3. The maximum Gasteiger partial charge on any atom is 0.243 e. The van der Waals surface area contributed by atoms with Crippen LogP contribution in [-0.2, 0) is 11.2 Å². The number of hydrogen-bond donors (Lipinski definition) is 1. The monoisotopic (exact) mass is 390 g/mol. The van der Waals surface area contributed by atoms with Gasteiger partial charge in [0, 0.05) is 25.2 Å². The minimum absolute atomic E-state index is 0.0182. The van der Waals surface area contributed by atoms with Gasteiger partial charge in [0.25, 0.3) is 0 Å². The molecule has 2 aliphatic rings. The number of nitrogens with one attached hydrogen (secondary N) is 1. The Morgan fingerprint density at radius 2 is 2.07 bits per heavy atom.